The molecule has 0 fully saturated rings. The zero-order chi connectivity index (χ0) is 8.81. The molecule has 1 aromatic carbocycles. The van der Waals surface area contributed by atoms with E-state index in [1.165, 1.54) is 11.1 Å². The van der Waals surface area contributed by atoms with Crippen LogP contribution in [0, 0.1) is 0 Å². The third kappa shape index (κ3) is 2.51. The molecule has 0 saturated carbocycles. The van der Waals surface area contributed by atoms with Gasteiger partial charge in [0.25, 0.3) is 0 Å². The van der Waals surface area contributed by atoms with Crippen molar-refractivity contribution in [2.24, 2.45) is 5.73 Å². The molecular formula is C11H15N. The lowest BCUT2D eigenvalue weighted by molar-refractivity contribution is 1.07. The van der Waals surface area contributed by atoms with Crippen LogP contribution in [0.4, 0.5) is 0 Å². The quantitative estimate of drug-likeness (QED) is 0.724. The minimum Gasteiger partial charge on any atom is -0.326 e. The molecule has 0 aromatic heterocycles. The summed E-state index contributed by atoms with van der Waals surface area (Å²) >= 11 is 0. The molecule has 0 atom stereocenters. The molecule has 0 radical (unpaired) electrons. The minimum absolute atomic E-state index is 0.619. The smallest absolute Gasteiger partial charge is 0.0178 e. The molecule has 0 aliphatic heterocycles. The van der Waals surface area contributed by atoms with E-state index < -0.39 is 0 Å². The van der Waals surface area contributed by atoms with Crippen molar-refractivity contribution in [2.75, 3.05) is 0 Å². The molecule has 0 saturated heterocycles. The van der Waals surface area contributed by atoms with Gasteiger partial charge in [0.2, 0.25) is 0 Å². The van der Waals surface area contributed by atoms with Crippen molar-refractivity contribution in [3.8, 4) is 0 Å². The molecule has 1 heteroatoms. The van der Waals surface area contributed by atoms with Gasteiger partial charge >= 0.3 is 0 Å². The monoisotopic (exact) mass is 161 g/mol. The van der Waals surface area contributed by atoms with Gasteiger partial charge in [-0.05, 0) is 17.5 Å². The van der Waals surface area contributed by atoms with Gasteiger partial charge < -0.3 is 5.73 Å². The van der Waals surface area contributed by atoms with Gasteiger partial charge in [-0.3, -0.25) is 0 Å². The van der Waals surface area contributed by atoms with Gasteiger partial charge in [0.15, 0.2) is 0 Å². The second-order valence-electron chi connectivity index (χ2n) is 2.76. The standard InChI is InChI=1S/C11H15N/c1-2-3-5-10-6-4-7-11(8-10)9-12/h3-8H,2,9,12H2,1H3/b5-3+. The van der Waals surface area contributed by atoms with Crippen LogP contribution in [0.1, 0.15) is 24.5 Å². The normalized spacial score (nSPS) is 10.8. The van der Waals surface area contributed by atoms with Crippen molar-refractivity contribution < 1.29 is 0 Å². The van der Waals surface area contributed by atoms with Gasteiger partial charge in [0.05, 0.1) is 0 Å². The molecule has 0 amide bonds. The van der Waals surface area contributed by atoms with Crippen LogP contribution in [0.15, 0.2) is 30.3 Å². The Balaban J connectivity index is 2.79. The predicted octanol–water partition coefficient (Wildman–Crippen LogP) is 2.57. The van der Waals surface area contributed by atoms with Gasteiger partial charge in [-0.1, -0.05) is 43.3 Å². The summed E-state index contributed by atoms with van der Waals surface area (Å²) in [5.41, 5.74) is 7.95. The summed E-state index contributed by atoms with van der Waals surface area (Å²) in [5.74, 6) is 0. The molecule has 0 unspecified atom stereocenters. The van der Waals surface area contributed by atoms with Crippen LogP contribution in [0.5, 0.6) is 0 Å². The van der Waals surface area contributed by atoms with Gasteiger partial charge in [0, 0.05) is 6.54 Å². The van der Waals surface area contributed by atoms with Crippen molar-refractivity contribution in [3.63, 3.8) is 0 Å². The minimum atomic E-state index is 0.619. The van der Waals surface area contributed by atoms with Gasteiger partial charge in [0.1, 0.15) is 0 Å². The van der Waals surface area contributed by atoms with E-state index in [0.29, 0.717) is 6.54 Å². The van der Waals surface area contributed by atoms with Crippen LogP contribution >= 0.6 is 0 Å². The number of nitrogens with two attached hydrogens (primary N) is 1. The molecular weight excluding hydrogens is 146 g/mol. The zero-order valence-electron chi connectivity index (χ0n) is 7.46. The van der Waals surface area contributed by atoms with E-state index in [1.54, 1.807) is 0 Å². The van der Waals surface area contributed by atoms with Gasteiger partial charge in [-0.2, -0.15) is 0 Å². The number of rotatable bonds is 3. The second kappa shape index (κ2) is 4.73. The third-order valence-corrected chi connectivity index (χ3v) is 1.73. The first-order valence-electron chi connectivity index (χ1n) is 4.32. The maximum atomic E-state index is 5.52. The molecule has 0 bridgehead atoms. The molecule has 0 spiro atoms. The first kappa shape index (κ1) is 9.01. The summed E-state index contributed by atoms with van der Waals surface area (Å²) in [4.78, 5) is 0. The molecule has 1 nitrogen and oxygen atoms in total. The largest absolute Gasteiger partial charge is 0.326 e. The first-order chi connectivity index (χ1) is 5.86. The highest BCUT2D eigenvalue weighted by Crippen LogP contribution is 2.06. The lowest BCUT2D eigenvalue weighted by Gasteiger charge is -1.97. The third-order valence-electron chi connectivity index (χ3n) is 1.73. The summed E-state index contributed by atoms with van der Waals surface area (Å²) in [6.45, 7) is 2.75. The highest BCUT2D eigenvalue weighted by molar-refractivity contribution is 5.50. The molecule has 12 heavy (non-hydrogen) atoms. The Kier molecular flexibility index (Phi) is 3.55. The Hall–Kier alpha value is -1.08. The number of benzene rings is 1. The summed E-state index contributed by atoms with van der Waals surface area (Å²) in [6, 6.07) is 8.29. The summed E-state index contributed by atoms with van der Waals surface area (Å²) in [7, 11) is 0. The van der Waals surface area contributed by atoms with E-state index in [0.717, 1.165) is 6.42 Å². The maximum Gasteiger partial charge on any atom is 0.0178 e. The summed E-state index contributed by atoms with van der Waals surface area (Å²) in [5, 5.41) is 0. The Morgan fingerprint density at radius 1 is 1.42 bits per heavy atom. The average molecular weight is 161 g/mol. The van der Waals surface area contributed by atoms with E-state index in [9.17, 15) is 0 Å². The molecule has 1 rings (SSSR count). The molecule has 0 aliphatic rings. The van der Waals surface area contributed by atoms with Crippen molar-refractivity contribution in [1.29, 1.82) is 0 Å². The van der Waals surface area contributed by atoms with Crippen LogP contribution in [0.2, 0.25) is 0 Å². The number of hydrogen-bond donors (Lipinski definition) is 1. The van der Waals surface area contributed by atoms with Crippen molar-refractivity contribution >= 4 is 6.08 Å². The first-order valence-corrected chi connectivity index (χ1v) is 4.32. The predicted molar refractivity (Wildman–Crippen MR) is 53.7 cm³/mol. The van der Waals surface area contributed by atoms with Gasteiger partial charge in [-0.25, -0.2) is 0 Å². The number of allylic oxidation sites excluding steroid dienone is 1. The van der Waals surface area contributed by atoms with Crippen LogP contribution in [0.3, 0.4) is 0 Å². The van der Waals surface area contributed by atoms with E-state index in [4.69, 9.17) is 5.73 Å². The van der Waals surface area contributed by atoms with Crippen molar-refractivity contribution in [1.82, 2.24) is 0 Å². The summed E-state index contributed by atoms with van der Waals surface area (Å²) in [6.07, 6.45) is 5.35. The Bertz CT molecular complexity index is 263. The maximum absolute atomic E-state index is 5.52. The molecule has 2 N–H and O–H groups in total. The van der Waals surface area contributed by atoms with E-state index in [2.05, 4.69) is 31.2 Å². The topological polar surface area (TPSA) is 26.0 Å². The van der Waals surface area contributed by atoms with Crippen LogP contribution in [-0.2, 0) is 6.54 Å². The van der Waals surface area contributed by atoms with E-state index in [-0.39, 0.29) is 0 Å². The molecule has 1 aromatic rings. The Labute approximate surface area is 73.9 Å². The molecule has 64 valence electrons. The van der Waals surface area contributed by atoms with Crippen molar-refractivity contribution in [3.05, 3.63) is 41.5 Å². The average Bonchev–Trinajstić information content (AvgIpc) is 2.15. The lowest BCUT2D eigenvalue weighted by Crippen LogP contribution is -1.95. The fraction of sp³-hybridized carbons (Fsp3) is 0.273. The molecule has 0 heterocycles. The van der Waals surface area contributed by atoms with Crippen LogP contribution in [-0.4, -0.2) is 0 Å². The van der Waals surface area contributed by atoms with Crippen molar-refractivity contribution in [2.45, 2.75) is 19.9 Å². The lowest BCUT2D eigenvalue weighted by atomic mass is 10.1. The highest BCUT2D eigenvalue weighted by Gasteiger charge is 1.88. The van der Waals surface area contributed by atoms with E-state index >= 15 is 0 Å². The highest BCUT2D eigenvalue weighted by atomic mass is 14.5. The summed E-state index contributed by atoms with van der Waals surface area (Å²) < 4.78 is 0. The fourth-order valence-corrected chi connectivity index (χ4v) is 1.08. The fourth-order valence-electron chi connectivity index (χ4n) is 1.08. The Morgan fingerprint density at radius 2 is 2.25 bits per heavy atom. The zero-order valence-corrected chi connectivity index (χ0v) is 7.46. The number of hydrogen-bond acceptors (Lipinski definition) is 1. The second-order valence-corrected chi connectivity index (χ2v) is 2.76. The molecule has 0 aliphatic carbocycles. The Morgan fingerprint density at radius 3 is 2.92 bits per heavy atom. The van der Waals surface area contributed by atoms with Gasteiger partial charge in [-0.15, -0.1) is 0 Å². The van der Waals surface area contributed by atoms with Crippen LogP contribution < -0.4 is 5.73 Å². The van der Waals surface area contributed by atoms with Crippen LogP contribution in [0.25, 0.3) is 6.08 Å². The van der Waals surface area contributed by atoms with E-state index in [1.807, 2.05) is 12.1 Å². The SMILES string of the molecule is CC/C=C/c1cccc(CN)c1.